The van der Waals surface area contributed by atoms with Gasteiger partial charge in [0.1, 0.15) is 0 Å². The molecule has 2 rings (SSSR count). The Hall–Kier alpha value is -1.57. The average molecular weight is 232 g/mol. The highest BCUT2D eigenvalue weighted by atomic mass is 19.3. The van der Waals surface area contributed by atoms with Crippen LogP contribution in [0.3, 0.4) is 0 Å². The third kappa shape index (κ3) is 2.01. The SMILES string of the molecule is CNC(=O)c1noc(C2CC(F)(F)CN2)n1. The predicted molar refractivity (Wildman–Crippen MR) is 48.0 cm³/mol. The smallest absolute Gasteiger partial charge is 0.292 e. The van der Waals surface area contributed by atoms with Crippen LogP contribution in [0, 0.1) is 0 Å². The average Bonchev–Trinajstić information content (AvgIpc) is 2.83. The fourth-order valence-electron chi connectivity index (χ4n) is 1.47. The highest BCUT2D eigenvalue weighted by molar-refractivity contribution is 5.89. The van der Waals surface area contributed by atoms with E-state index in [0.717, 1.165) is 0 Å². The topological polar surface area (TPSA) is 80.0 Å². The molecule has 16 heavy (non-hydrogen) atoms. The second-order valence-corrected chi connectivity index (χ2v) is 3.53. The van der Waals surface area contributed by atoms with Crippen LogP contribution in [0.5, 0.6) is 0 Å². The zero-order chi connectivity index (χ0) is 11.8. The summed E-state index contributed by atoms with van der Waals surface area (Å²) in [6.07, 6.45) is -0.400. The van der Waals surface area contributed by atoms with Gasteiger partial charge in [0.25, 0.3) is 17.7 Å². The van der Waals surface area contributed by atoms with Crippen LogP contribution in [0.4, 0.5) is 8.78 Å². The number of aromatic nitrogens is 2. The molecule has 1 atom stereocenters. The van der Waals surface area contributed by atoms with Gasteiger partial charge in [-0.05, 0) is 0 Å². The first-order chi connectivity index (χ1) is 7.52. The second-order valence-electron chi connectivity index (χ2n) is 3.53. The van der Waals surface area contributed by atoms with Crippen LogP contribution >= 0.6 is 0 Å². The minimum atomic E-state index is -2.77. The van der Waals surface area contributed by atoms with Crippen molar-refractivity contribution in [3.8, 4) is 0 Å². The number of carbonyl (C=O) groups is 1. The number of hydrogen-bond acceptors (Lipinski definition) is 5. The lowest BCUT2D eigenvalue weighted by Crippen LogP contribution is -2.20. The summed E-state index contributed by atoms with van der Waals surface area (Å²) in [4.78, 5) is 14.8. The Morgan fingerprint density at radius 2 is 2.44 bits per heavy atom. The molecule has 1 amide bonds. The molecule has 6 nitrogen and oxygen atoms in total. The summed E-state index contributed by atoms with van der Waals surface area (Å²) in [7, 11) is 1.42. The van der Waals surface area contributed by atoms with Crippen LogP contribution < -0.4 is 10.6 Å². The molecule has 0 spiro atoms. The summed E-state index contributed by atoms with van der Waals surface area (Å²) < 4.78 is 30.5. The molecule has 1 aromatic heterocycles. The van der Waals surface area contributed by atoms with Gasteiger partial charge >= 0.3 is 0 Å². The number of nitrogens with zero attached hydrogens (tertiary/aromatic N) is 2. The van der Waals surface area contributed by atoms with Crippen molar-refractivity contribution in [2.45, 2.75) is 18.4 Å². The lowest BCUT2D eigenvalue weighted by atomic mass is 10.2. The van der Waals surface area contributed by atoms with Crippen molar-refractivity contribution in [1.29, 1.82) is 0 Å². The van der Waals surface area contributed by atoms with Crippen LogP contribution in [0.25, 0.3) is 0 Å². The van der Waals surface area contributed by atoms with Gasteiger partial charge < -0.3 is 9.84 Å². The molecule has 1 saturated heterocycles. The molecular weight excluding hydrogens is 222 g/mol. The number of alkyl halides is 2. The Kier molecular flexibility index (Phi) is 2.58. The molecule has 1 fully saturated rings. The molecule has 0 saturated carbocycles. The van der Waals surface area contributed by atoms with Gasteiger partial charge in [0.15, 0.2) is 0 Å². The first-order valence-corrected chi connectivity index (χ1v) is 4.69. The van der Waals surface area contributed by atoms with E-state index in [1.165, 1.54) is 7.05 Å². The molecule has 0 aliphatic carbocycles. The number of halogens is 2. The van der Waals surface area contributed by atoms with Crippen LogP contribution in [0.1, 0.15) is 29.0 Å². The van der Waals surface area contributed by atoms with E-state index in [9.17, 15) is 13.6 Å². The van der Waals surface area contributed by atoms with Crippen LogP contribution in [0.2, 0.25) is 0 Å². The van der Waals surface area contributed by atoms with Crippen LogP contribution in [-0.4, -0.2) is 35.6 Å². The lowest BCUT2D eigenvalue weighted by Gasteiger charge is -2.04. The maximum Gasteiger partial charge on any atom is 0.292 e. The van der Waals surface area contributed by atoms with E-state index in [-0.39, 0.29) is 11.7 Å². The summed E-state index contributed by atoms with van der Waals surface area (Å²) in [6.45, 7) is -0.421. The van der Waals surface area contributed by atoms with E-state index in [4.69, 9.17) is 4.52 Å². The van der Waals surface area contributed by atoms with E-state index in [2.05, 4.69) is 20.8 Å². The number of hydrogen-bond donors (Lipinski definition) is 2. The molecule has 0 bridgehead atoms. The minimum absolute atomic E-state index is 0.00998. The van der Waals surface area contributed by atoms with Crippen molar-refractivity contribution in [3.05, 3.63) is 11.7 Å². The second kappa shape index (κ2) is 3.78. The Morgan fingerprint density at radius 1 is 1.69 bits per heavy atom. The lowest BCUT2D eigenvalue weighted by molar-refractivity contribution is 0.0200. The summed E-state index contributed by atoms with van der Waals surface area (Å²) in [5, 5.41) is 8.26. The first kappa shape index (κ1) is 10.9. The van der Waals surface area contributed by atoms with Gasteiger partial charge in [-0.2, -0.15) is 4.98 Å². The zero-order valence-corrected chi connectivity index (χ0v) is 8.46. The van der Waals surface area contributed by atoms with Gasteiger partial charge in [-0.15, -0.1) is 0 Å². The zero-order valence-electron chi connectivity index (χ0n) is 8.46. The monoisotopic (exact) mass is 232 g/mol. The largest absolute Gasteiger partial charge is 0.352 e. The first-order valence-electron chi connectivity index (χ1n) is 4.69. The van der Waals surface area contributed by atoms with E-state index in [1.54, 1.807) is 0 Å². The van der Waals surface area contributed by atoms with E-state index < -0.39 is 30.8 Å². The Bertz CT molecular complexity index is 406. The molecule has 0 aromatic carbocycles. The van der Waals surface area contributed by atoms with Crippen LogP contribution in [-0.2, 0) is 0 Å². The predicted octanol–water partition coefficient (Wildman–Crippen LogP) is 0.0989. The molecule has 1 aromatic rings. The van der Waals surface area contributed by atoms with Gasteiger partial charge in [-0.25, -0.2) is 8.78 Å². The van der Waals surface area contributed by atoms with Crippen molar-refractivity contribution >= 4 is 5.91 Å². The Labute approximate surface area is 89.4 Å². The number of rotatable bonds is 2. The number of carbonyl (C=O) groups excluding carboxylic acids is 1. The summed E-state index contributed by atoms with van der Waals surface area (Å²) >= 11 is 0. The highest BCUT2D eigenvalue weighted by Gasteiger charge is 2.42. The molecule has 8 heteroatoms. The molecular formula is C8H10F2N4O2. The minimum Gasteiger partial charge on any atom is -0.352 e. The molecule has 1 aliphatic rings. The van der Waals surface area contributed by atoms with E-state index in [0.29, 0.717) is 0 Å². The summed E-state index contributed by atoms with van der Waals surface area (Å²) in [5.41, 5.74) is 0. The summed E-state index contributed by atoms with van der Waals surface area (Å²) in [5.74, 6) is -3.43. The van der Waals surface area contributed by atoms with Gasteiger partial charge in [0.2, 0.25) is 5.89 Å². The van der Waals surface area contributed by atoms with Gasteiger partial charge in [0.05, 0.1) is 12.6 Å². The number of nitrogens with one attached hydrogen (secondary N) is 2. The van der Waals surface area contributed by atoms with Gasteiger partial charge in [-0.3, -0.25) is 10.1 Å². The van der Waals surface area contributed by atoms with E-state index in [1.807, 2.05) is 0 Å². The molecule has 1 aliphatic heterocycles. The Balaban J connectivity index is 2.11. The molecule has 1 unspecified atom stereocenters. The quantitative estimate of drug-likeness (QED) is 0.755. The third-order valence-electron chi connectivity index (χ3n) is 2.28. The summed E-state index contributed by atoms with van der Waals surface area (Å²) in [6, 6.07) is -0.694. The maximum atomic E-state index is 12.9. The van der Waals surface area contributed by atoms with Crippen LogP contribution in [0.15, 0.2) is 4.52 Å². The number of amides is 1. The van der Waals surface area contributed by atoms with Gasteiger partial charge in [0, 0.05) is 13.5 Å². The van der Waals surface area contributed by atoms with Crippen molar-refractivity contribution in [2.24, 2.45) is 0 Å². The fraction of sp³-hybridized carbons (Fsp3) is 0.625. The van der Waals surface area contributed by atoms with Gasteiger partial charge in [-0.1, -0.05) is 5.16 Å². The van der Waals surface area contributed by atoms with Crippen molar-refractivity contribution in [2.75, 3.05) is 13.6 Å². The molecule has 88 valence electrons. The van der Waals surface area contributed by atoms with Crippen molar-refractivity contribution in [3.63, 3.8) is 0 Å². The maximum absolute atomic E-state index is 12.9. The van der Waals surface area contributed by atoms with Crippen molar-refractivity contribution in [1.82, 2.24) is 20.8 Å². The van der Waals surface area contributed by atoms with Crippen molar-refractivity contribution < 1.29 is 18.1 Å². The van der Waals surface area contributed by atoms with E-state index >= 15 is 0 Å². The Morgan fingerprint density at radius 3 is 3.00 bits per heavy atom. The molecule has 2 N–H and O–H groups in total. The fourth-order valence-corrected chi connectivity index (χ4v) is 1.47. The normalized spacial score (nSPS) is 23.3. The third-order valence-corrected chi connectivity index (χ3v) is 2.28. The molecule has 2 heterocycles. The molecule has 0 radical (unpaired) electrons. The standard InChI is InChI=1S/C8H10F2N4O2/c1-11-6(15)5-13-7(16-14-5)4-2-8(9,10)3-12-4/h4,12H,2-3H2,1H3,(H,11,15). The highest BCUT2D eigenvalue weighted by Crippen LogP contribution is 2.32.